The number of hydrogen-bond acceptors (Lipinski definition) is 2. The van der Waals surface area contributed by atoms with Gasteiger partial charge in [-0.25, -0.2) is 6.07 Å². The average Bonchev–Trinajstić information content (AvgIpc) is 3.03. The van der Waals surface area contributed by atoms with Crippen molar-refractivity contribution in [1.29, 1.82) is 0 Å². The van der Waals surface area contributed by atoms with Crippen LogP contribution in [0.5, 0.6) is 0 Å². The number of imide groups is 1. The van der Waals surface area contributed by atoms with Gasteiger partial charge < -0.3 is 4.57 Å². The Morgan fingerprint density at radius 1 is 1.33 bits per heavy atom. The first-order valence-corrected chi connectivity index (χ1v) is 8.08. The number of terminal acetylenes is 1. The van der Waals surface area contributed by atoms with E-state index in [4.69, 9.17) is 0 Å². The van der Waals surface area contributed by atoms with Gasteiger partial charge >= 0.3 is 0 Å². The summed E-state index contributed by atoms with van der Waals surface area (Å²) in [6.07, 6.45) is 13.3. The van der Waals surface area contributed by atoms with E-state index in [1.807, 2.05) is 39.2 Å². The first kappa shape index (κ1) is 27.2. The zero-order chi connectivity index (χ0) is 18.4. The average molecular weight is 504 g/mol. The molecule has 0 aromatic carbocycles. The van der Waals surface area contributed by atoms with Crippen molar-refractivity contribution in [1.82, 2.24) is 9.88 Å². The van der Waals surface area contributed by atoms with Crippen molar-refractivity contribution in [3.8, 4) is 12.8 Å². The summed E-state index contributed by atoms with van der Waals surface area (Å²) in [6, 6.07) is 2.81. The fraction of sp³-hybridized carbons (Fsp3) is 0.474. The number of nitrogens with one attached hydrogen (secondary N) is 1. The third kappa shape index (κ3) is 7.30. The number of carbonyl (C=O) groups excluding carboxylic acids is 2. The second-order valence-corrected chi connectivity index (χ2v) is 4.07. The summed E-state index contributed by atoms with van der Waals surface area (Å²) in [7, 11) is 0. The van der Waals surface area contributed by atoms with Crippen molar-refractivity contribution in [3.05, 3.63) is 30.1 Å². The summed E-state index contributed by atoms with van der Waals surface area (Å²) in [5, 5.41) is 2.36. The Labute approximate surface area is 160 Å². The topological polar surface area (TPSA) is 51.1 Å². The van der Waals surface area contributed by atoms with Gasteiger partial charge in [0.25, 0.3) is 0 Å². The van der Waals surface area contributed by atoms with Gasteiger partial charge in [0, 0.05) is 26.8 Å². The molecule has 1 saturated heterocycles. The molecule has 0 bridgehead atoms. The van der Waals surface area contributed by atoms with Crippen LogP contribution in [0, 0.1) is 18.9 Å². The van der Waals surface area contributed by atoms with E-state index in [0.29, 0.717) is 12.8 Å². The van der Waals surface area contributed by atoms with Crippen LogP contribution in [0.3, 0.4) is 0 Å². The van der Waals surface area contributed by atoms with Crippen LogP contribution in [0.15, 0.2) is 12.8 Å². The fourth-order valence-electron chi connectivity index (χ4n) is 2.16. The molecule has 1 aliphatic rings. The van der Waals surface area contributed by atoms with E-state index >= 15 is 0 Å². The van der Waals surface area contributed by atoms with Gasteiger partial charge in [-0.05, 0) is 6.42 Å². The second kappa shape index (κ2) is 16.2. The van der Waals surface area contributed by atoms with Gasteiger partial charge in [-0.15, -0.1) is 37.4 Å². The molecule has 1 aromatic heterocycles. The molecule has 0 aliphatic carbocycles. The van der Waals surface area contributed by atoms with Crippen LogP contribution < -0.4 is 5.32 Å². The normalized spacial score (nSPS) is 14.9. The Bertz CT molecular complexity index is 519. The smallest absolute Gasteiger partial charge is 0.248 e. The Balaban J connectivity index is -0.000000569. The number of rotatable bonds is 3. The van der Waals surface area contributed by atoms with Gasteiger partial charge in [0.05, 0.1) is 6.04 Å². The maximum Gasteiger partial charge on any atom is 0.248 e. The monoisotopic (exact) mass is 504 g/mol. The second-order valence-electron chi connectivity index (χ2n) is 4.07. The molecule has 2 heterocycles. The van der Waals surface area contributed by atoms with Crippen LogP contribution in [0.4, 0.5) is 0 Å². The van der Waals surface area contributed by atoms with Crippen molar-refractivity contribution in [2.75, 3.05) is 0 Å². The molecule has 5 heteroatoms. The first-order chi connectivity index (χ1) is 11.2. The van der Waals surface area contributed by atoms with Gasteiger partial charge in [-0.1, -0.05) is 41.0 Å². The van der Waals surface area contributed by atoms with Gasteiger partial charge in [-0.3, -0.25) is 14.9 Å². The molecule has 1 radical (unpaired) electrons. The van der Waals surface area contributed by atoms with Crippen molar-refractivity contribution >= 4 is 17.9 Å². The van der Waals surface area contributed by atoms with Crippen molar-refractivity contribution < 1.29 is 30.0 Å². The number of aromatic nitrogens is 1. The minimum absolute atomic E-state index is 0. The van der Waals surface area contributed by atoms with Crippen molar-refractivity contribution in [2.24, 2.45) is 0 Å². The minimum atomic E-state index is -0.322. The van der Waals surface area contributed by atoms with Crippen LogP contribution >= 0.6 is 0 Å². The molecule has 1 aromatic rings. The number of hydrogen-bond donors (Lipinski definition) is 1. The molecule has 0 saturated carbocycles. The molecule has 135 valence electrons. The van der Waals surface area contributed by atoms with E-state index < -0.39 is 0 Å². The molecule has 1 N–H and O–H groups in total. The van der Waals surface area contributed by atoms with E-state index in [1.54, 1.807) is 12.3 Å². The SMILES string of the molecule is C#C.C=Cc1c(CC)[c-]cn1C1CCC(=O)NC1=O.CC.CC.[Re]. The fourth-order valence-corrected chi connectivity index (χ4v) is 2.16. The largest absolute Gasteiger partial charge is 0.432 e. The molecule has 1 fully saturated rings. The minimum Gasteiger partial charge on any atom is -0.432 e. The van der Waals surface area contributed by atoms with E-state index in [9.17, 15) is 9.59 Å². The summed E-state index contributed by atoms with van der Waals surface area (Å²) in [5.41, 5.74) is 1.96. The van der Waals surface area contributed by atoms with Gasteiger partial charge in [-0.2, -0.15) is 5.56 Å². The molecular weight excluding hydrogens is 474 g/mol. The van der Waals surface area contributed by atoms with Crippen LogP contribution in [-0.2, 0) is 36.4 Å². The summed E-state index contributed by atoms with van der Waals surface area (Å²) in [5.74, 6) is -0.436. The number of aryl methyl sites for hydroxylation is 1. The third-order valence-corrected chi connectivity index (χ3v) is 3.06. The number of nitrogens with zero attached hydrogens (tertiary/aromatic N) is 1. The molecule has 4 nitrogen and oxygen atoms in total. The van der Waals surface area contributed by atoms with E-state index in [2.05, 4.69) is 30.8 Å². The molecule has 1 aliphatic heterocycles. The molecule has 1 atom stereocenters. The Morgan fingerprint density at radius 2 is 1.88 bits per heavy atom. The maximum atomic E-state index is 11.8. The van der Waals surface area contributed by atoms with Crippen molar-refractivity contribution in [2.45, 2.75) is 59.9 Å². The zero-order valence-corrected chi connectivity index (χ0v) is 18.1. The third-order valence-electron chi connectivity index (χ3n) is 3.06. The molecule has 24 heavy (non-hydrogen) atoms. The number of amides is 2. The predicted octanol–water partition coefficient (Wildman–Crippen LogP) is 3.77. The first-order valence-electron chi connectivity index (χ1n) is 8.08. The van der Waals surface area contributed by atoms with Crippen LogP contribution in [0.2, 0.25) is 0 Å². The van der Waals surface area contributed by atoms with Gasteiger partial charge in [0.1, 0.15) is 0 Å². The van der Waals surface area contributed by atoms with E-state index in [0.717, 1.165) is 17.7 Å². The predicted molar refractivity (Wildman–Crippen MR) is 96.7 cm³/mol. The summed E-state index contributed by atoms with van der Waals surface area (Å²) in [6.45, 7) is 13.8. The van der Waals surface area contributed by atoms with Crippen LogP contribution in [-0.4, -0.2) is 16.4 Å². The Kier molecular flexibility index (Phi) is 18.4. The number of carbonyl (C=O) groups is 2. The molecule has 1 unspecified atom stereocenters. The molecule has 2 rings (SSSR count). The van der Waals surface area contributed by atoms with Crippen molar-refractivity contribution in [3.63, 3.8) is 0 Å². The zero-order valence-electron chi connectivity index (χ0n) is 15.4. The van der Waals surface area contributed by atoms with Gasteiger partial charge in [0.2, 0.25) is 11.8 Å². The Hall–Kier alpha value is -1.62. The van der Waals surface area contributed by atoms with Crippen LogP contribution in [0.1, 0.15) is 64.8 Å². The van der Waals surface area contributed by atoms with E-state index in [1.165, 1.54) is 0 Å². The molecule has 0 spiro atoms. The number of piperidine rings is 1. The maximum absolute atomic E-state index is 11.8. The summed E-state index contributed by atoms with van der Waals surface area (Å²) < 4.78 is 1.85. The van der Waals surface area contributed by atoms with Gasteiger partial charge in [0.15, 0.2) is 0 Å². The van der Waals surface area contributed by atoms with Crippen LogP contribution in [0.25, 0.3) is 6.08 Å². The quantitative estimate of drug-likeness (QED) is 0.388. The molecule has 2 amide bonds. The van der Waals surface area contributed by atoms with E-state index in [-0.39, 0.29) is 38.3 Å². The standard InChI is InChI=1S/C13H15N2O2.2C2H6.C2H2.Re/c1-3-9-7-8-15(10(9)4-2)11-5-6-12(16)14-13(11)17;3*1-2;/h4,8,11H,2-3,5-6H2,1H3,(H,14,16,17);2*1-2H3;1-2H;/q-1;;;;. The summed E-state index contributed by atoms with van der Waals surface area (Å²) in [4.78, 5) is 22.9. The molecular formula is C19H29N2O2Re-. The Morgan fingerprint density at radius 3 is 2.29 bits per heavy atom. The summed E-state index contributed by atoms with van der Waals surface area (Å²) >= 11 is 0.